The maximum absolute atomic E-state index is 13.1. The van der Waals surface area contributed by atoms with Crippen LogP contribution in [-0.2, 0) is 19.9 Å². The van der Waals surface area contributed by atoms with Crippen molar-refractivity contribution in [3.05, 3.63) is 71.8 Å². The van der Waals surface area contributed by atoms with Crippen molar-refractivity contribution in [2.45, 2.75) is 49.7 Å². The van der Waals surface area contributed by atoms with Crippen molar-refractivity contribution in [2.75, 3.05) is 6.61 Å². The number of hydrogen-bond acceptors (Lipinski definition) is 4. The summed E-state index contributed by atoms with van der Waals surface area (Å²) in [6.45, 7) is -0.386. The van der Waals surface area contributed by atoms with Gasteiger partial charge in [0.05, 0.1) is 0 Å². The Morgan fingerprint density at radius 2 is 1.32 bits per heavy atom. The number of carbonyl (C=O) groups is 2. The minimum atomic E-state index is -1.97. The molecular weight excluding hydrogens is 390 g/mol. The van der Waals surface area contributed by atoms with Gasteiger partial charge in [-0.15, -0.1) is 0 Å². The molecule has 4 bridgehead atoms. The lowest BCUT2D eigenvalue weighted by molar-refractivity contribution is -0.165. The summed E-state index contributed by atoms with van der Waals surface area (Å²) < 4.78 is 5.39. The lowest BCUT2D eigenvalue weighted by Gasteiger charge is -2.56. The first kappa shape index (κ1) is 20.3. The number of esters is 1. The second-order valence-electron chi connectivity index (χ2n) is 9.76. The predicted octanol–water partition coefficient (Wildman–Crippen LogP) is 3.55. The van der Waals surface area contributed by atoms with Gasteiger partial charge in [-0.2, -0.15) is 0 Å². The molecule has 6 rings (SSSR count). The van der Waals surface area contributed by atoms with Crippen LogP contribution >= 0.6 is 0 Å². The molecule has 0 saturated heterocycles. The van der Waals surface area contributed by atoms with Crippen LogP contribution in [0.5, 0.6) is 0 Å². The van der Waals surface area contributed by atoms with Crippen LogP contribution in [0.2, 0.25) is 0 Å². The summed E-state index contributed by atoms with van der Waals surface area (Å²) in [6.07, 6.45) is 7.01. The lowest BCUT2D eigenvalue weighted by atomic mass is 9.53. The summed E-state index contributed by atoms with van der Waals surface area (Å²) >= 11 is 0. The zero-order chi connectivity index (χ0) is 21.5. The van der Waals surface area contributed by atoms with Gasteiger partial charge in [0, 0.05) is 5.54 Å². The molecule has 0 atom stereocenters. The first-order valence-corrected chi connectivity index (χ1v) is 11.3. The zero-order valence-electron chi connectivity index (χ0n) is 17.6. The fourth-order valence-electron chi connectivity index (χ4n) is 6.59. The van der Waals surface area contributed by atoms with E-state index in [1.807, 2.05) is 12.1 Å². The Morgan fingerprint density at radius 3 is 1.77 bits per heavy atom. The molecule has 4 fully saturated rings. The minimum Gasteiger partial charge on any atom is -0.453 e. The number of ether oxygens (including phenoxy) is 1. The molecular formula is C26H29NO4. The third-order valence-electron chi connectivity index (χ3n) is 7.46. The number of rotatable bonds is 6. The molecule has 4 saturated carbocycles. The fraction of sp³-hybridized carbons (Fsp3) is 0.462. The van der Waals surface area contributed by atoms with Crippen molar-refractivity contribution in [3.63, 3.8) is 0 Å². The van der Waals surface area contributed by atoms with Gasteiger partial charge < -0.3 is 15.2 Å². The van der Waals surface area contributed by atoms with E-state index in [1.165, 1.54) is 19.3 Å². The van der Waals surface area contributed by atoms with Crippen molar-refractivity contribution < 1.29 is 19.4 Å². The molecule has 2 N–H and O–H groups in total. The molecule has 0 heterocycles. The van der Waals surface area contributed by atoms with Gasteiger partial charge in [-0.1, -0.05) is 60.7 Å². The van der Waals surface area contributed by atoms with E-state index in [-0.39, 0.29) is 18.1 Å². The Labute approximate surface area is 182 Å². The first-order chi connectivity index (χ1) is 15.0. The van der Waals surface area contributed by atoms with Crippen LogP contribution in [-0.4, -0.2) is 29.1 Å². The van der Waals surface area contributed by atoms with E-state index in [2.05, 4.69) is 5.32 Å². The molecule has 2 aromatic carbocycles. The zero-order valence-corrected chi connectivity index (χ0v) is 17.6. The van der Waals surface area contributed by atoms with Gasteiger partial charge >= 0.3 is 5.97 Å². The van der Waals surface area contributed by atoms with E-state index in [4.69, 9.17) is 4.74 Å². The van der Waals surface area contributed by atoms with Crippen molar-refractivity contribution >= 4 is 11.9 Å². The maximum Gasteiger partial charge on any atom is 0.348 e. The first-order valence-electron chi connectivity index (χ1n) is 11.3. The summed E-state index contributed by atoms with van der Waals surface area (Å²) in [6, 6.07) is 17.4. The van der Waals surface area contributed by atoms with E-state index in [9.17, 15) is 14.7 Å². The average molecular weight is 420 g/mol. The van der Waals surface area contributed by atoms with E-state index in [1.54, 1.807) is 48.5 Å². The number of amides is 1. The lowest BCUT2D eigenvalue weighted by Crippen LogP contribution is -2.60. The van der Waals surface area contributed by atoms with E-state index >= 15 is 0 Å². The number of nitrogens with one attached hydrogen (secondary N) is 1. The fourth-order valence-corrected chi connectivity index (χ4v) is 6.59. The Kier molecular flexibility index (Phi) is 5.09. The van der Waals surface area contributed by atoms with Crippen molar-refractivity contribution in [2.24, 2.45) is 17.8 Å². The molecule has 162 valence electrons. The van der Waals surface area contributed by atoms with Gasteiger partial charge in [0.15, 0.2) is 6.61 Å². The molecule has 5 nitrogen and oxygen atoms in total. The number of carbonyl (C=O) groups excluding carboxylic acids is 2. The summed E-state index contributed by atoms with van der Waals surface area (Å²) in [7, 11) is 0. The highest BCUT2D eigenvalue weighted by Crippen LogP contribution is 2.55. The van der Waals surface area contributed by atoms with Gasteiger partial charge in [0.1, 0.15) is 0 Å². The van der Waals surface area contributed by atoms with Gasteiger partial charge in [-0.25, -0.2) is 4.79 Å². The molecule has 0 aromatic heterocycles. The number of hydrogen-bond donors (Lipinski definition) is 2. The molecule has 0 aliphatic heterocycles. The van der Waals surface area contributed by atoms with Crippen LogP contribution in [0, 0.1) is 17.8 Å². The molecule has 0 unspecified atom stereocenters. The summed E-state index contributed by atoms with van der Waals surface area (Å²) in [5.41, 5.74) is -1.28. The second kappa shape index (κ2) is 7.79. The second-order valence-corrected chi connectivity index (χ2v) is 9.76. The quantitative estimate of drug-likeness (QED) is 0.702. The van der Waals surface area contributed by atoms with E-state index in [0.29, 0.717) is 11.1 Å². The third-order valence-corrected chi connectivity index (χ3v) is 7.46. The monoisotopic (exact) mass is 419 g/mol. The Bertz CT molecular complexity index is 881. The van der Waals surface area contributed by atoms with Crippen molar-refractivity contribution in [3.8, 4) is 0 Å². The summed E-state index contributed by atoms with van der Waals surface area (Å²) in [5.74, 6) is 1.03. The number of aliphatic hydroxyl groups is 1. The normalized spacial score (nSPS) is 28.9. The Balaban J connectivity index is 1.29. The van der Waals surface area contributed by atoms with E-state index in [0.717, 1.165) is 37.0 Å². The van der Waals surface area contributed by atoms with Crippen LogP contribution in [0.1, 0.15) is 49.7 Å². The molecule has 2 aromatic rings. The van der Waals surface area contributed by atoms with Crippen molar-refractivity contribution in [1.82, 2.24) is 5.32 Å². The largest absolute Gasteiger partial charge is 0.453 e. The molecule has 0 radical (unpaired) electrons. The predicted molar refractivity (Wildman–Crippen MR) is 116 cm³/mol. The smallest absolute Gasteiger partial charge is 0.348 e. The maximum atomic E-state index is 13.1. The molecule has 0 spiro atoms. The van der Waals surface area contributed by atoms with Crippen molar-refractivity contribution in [1.29, 1.82) is 0 Å². The van der Waals surface area contributed by atoms with Gasteiger partial charge in [0.2, 0.25) is 5.60 Å². The summed E-state index contributed by atoms with van der Waals surface area (Å²) in [5, 5.41) is 14.6. The van der Waals surface area contributed by atoms with Crippen LogP contribution in [0.25, 0.3) is 0 Å². The third kappa shape index (κ3) is 3.76. The molecule has 31 heavy (non-hydrogen) atoms. The van der Waals surface area contributed by atoms with Crippen LogP contribution in [0.15, 0.2) is 60.7 Å². The SMILES string of the molecule is O=C(COC(=O)C(O)(c1ccccc1)c1ccccc1)NC12CC3CC(CC(C3)C1)C2. The van der Waals surface area contributed by atoms with Crippen LogP contribution in [0.3, 0.4) is 0 Å². The summed E-state index contributed by atoms with van der Waals surface area (Å²) in [4.78, 5) is 25.8. The van der Waals surface area contributed by atoms with Gasteiger partial charge in [-0.3, -0.25) is 4.79 Å². The molecule has 5 heteroatoms. The highest BCUT2D eigenvalue weighted by Gasteiger charge is 2.51. The topological polar surface area (TPSA) is 75.6 Å². The molecule has 1 amide bonds. The number of benzene rings is 2. The van der Waals surface area contributed by atoms with Gasteiger partial charge in [-0.05, 0) is 67.4 Å². The Hall–Kier alpha value is -2.66. The van der Waals surface area contributed by atoms with Crippen LogP contribution in [0.4, 0.5) is 0 Å². The average Bonchev–Trinajstić information content (AvgIpc) is 2.77. The molecule has 4 aliphatic rings. The highest BCUT2D eigenvalue weighted by atomic mass is 16.6. The minimum absolute atomic E-state index is 0.132. The standard InChI is InChI=1S/C26H29NO4/c28-23(27-25-14-18-11-19(15-25)13-20(12-18)16-25)17-31-24(29)26(30,21-7-3-1-4-8-21)22-9-5-2-6-10-22/h1-10,18-20,30H,11-17H2,(H,27,28). The van der Waals surface area contributed by atoms with E-state index < -0.39 is 11.6 Å². The van der Waals surface area contributed by atoms with Gasteiger partial charge in [0.25, 0.3) is 5.91 Å². The molecule has 4 aliphatic carbocycles. The van der Waals surface area contributed by atoms with Crippen LogP contribution < -0.4 is 5.32 Å². The Morgan fingerprint density at radius 1 is 0.871 bits per heavy atom. The highest BCUT2D eigenvalue weighted by molar-refractivity contribution is 5.88.